The summed E-state index contributed by atoms with van der Waals surface area (Å²) in [6.07, 6.45) is 5.54. The van der Waals surface area contributed by atoms with E-state index < -0.39 is 0 Å². The minimum Gasteiger partial charge on any atom is -0.443 e. The van der Waals surface area contributed by atoms with Gasteiger partial charge in [-0.1, -0.05) is 12.2 Å². The van der Waals surface area contributed by atoms with Crippen LogP contribution in [-0.2, 0) is 4.74 Å². The highest BCUT2D eigenvalue weighted by Crippen LogP contribution is 2.17. The molecular formula is C7H7NO2. The molecule has 2 aliphatic heterocycles. The van der Waals surface area contributed by atoms with Gasteiger partial charge in [0.05, 0.1) is 5.70 Å². The van der Waals surface area contributed by atoms with E-state index in [0.29, 0.717) is 13.2 Å². The number of carbonyl (C=O) groups excluding carboxylic acids is 1. The number of cyclic esters (lactones) is 1. The molecule has 2 rings (SSSR count). The molecule has 52 valence electrons. The van der Waals surface area contributed by atoms with Gasteiger partial charge >= 0.3 is 6.09 Å². The van der Waals surface area contributed by atoms with E-state index in [9.17, 15) is 4.79 Å². The lowest BCUT2D eigenvalue weighted by atomic mass is 10.3. The van der Waals surface area contributed by atoms with Crippen molar-refractivity contribution in [2.75, 3.05) is 13.2 Å². The lowest BCUT2D eigenvalue weighted by Crippen LogP contribution is -2.24. The normalized spacial score (nSPS) is 22.2. The summed E-state index contributed by atoms with van der Waals surface area (Å²) in [5.41, 5.74) is 0.965. The molecule has 0 aromatic carbocycles. The van der Waals surface area contributed by atoms with Crippen molar-refractivity contribution in [3.8, 4) is 0 Å². The van der Waals surface area contributed by atoms with Gasteiger partial charge in [-0.05, 0) is 6.08 Å². The summed E-state index contributed by atoms with van der Waals surface area (Å²) in [4.78, 5) is 12.5. The van der Waals surface area contributed by atoms with Gasteiger partial charge in [-0.15, -0.1) is 0 Å². The topological polar surface area (TPSA) is 29.5 Å². The van der Waals surface area contributed by atoms with Crippen LogP contribution in [0.15, 0.2) is 23.9 Å². The van der Waals surface area contributed by atoms with Crippen LogP contribution in [-0.4, -0.2) is 24.1 Å². The zero-order valence-corrected chi connectivity index (χ0v) is 5.41. The Hall–Kier alpha value is -1.25. The molecule has 0 N–H and O–H groups in total. The van der Waals surface area contributed by atoms with Crippen molar-refractivity contribution >= 4 is 6.09 Å². The summed E-state index contributed by atoms with van der Waals surface area (Å²) in [6, 6.07) is 0. The Morgan fingerprint density at radius 2 is 2.50 bits per heavy atom. The van der Waals surface area contributed by atoms with E-state index in [1.165, 1.54) is 0 Å². The van der Waals surface area contributed by atoms with Crippen LogP contribution in [0.4, 0.5) is 4.79 Å². The molecule has 2 aliphatic rings. The fraction of sp³-hybridized carbons (Fsp3) is 0.286. The zero-order valence-electron chi connectivity index (χ0n) is 5.41. The Kier molecular flexibility index (Phi) is 1.03. The second-order valence-electron chi connectivity index (χ2n) is 2.25. The number of nitrogens with zero attached hydrogens (tertiary/aromatic N) is 1. The van der Waals surface area contributed by atoms with Crippen LogP contribution in [0.25, 0.3) is 0 Å². The van der Waals surface area contributed by atoms with Crippen LogP contribution in [0.2, 0.25) is 0 Å². The number of fused-ring (bicyclic) bond motifs is 1. The summed E-state index contributed by atoms with van der Waals surface area (Å²) in [5, 5.41) is 0. The van der Waals surface area contributed by atoms with Crippen molar-refractivity contribution in [2.45, 2.75) is 0 Å². The maximum Gasteiger partial charge on any atom is 0.414 e. The van der Waals surface area contributed by atoms with E-state index in [2.05, 4.69) is 0 Å². The van der Waals surface area contributed by atoms with Gasteiger partial charge in [0.25, 0.3) is 0 Å². The molecule has 3 nitrogen and oxygen atoms in total. The standard InChI is InChI=1S/C7H7NO2/c9-7-8-4-2-1-3-6(8)5-10-7/h1-3H,4-5H2. The summed E-state index contributed by atoms with van der Waals surface area (Å²) < 4.78 is 4.78. The minimum absolute atomic E-state index is 0.226. The van der Waals surface area contributed by atoms with Crippen LogP contribution < -0.4 is 0 Å². The second-order valence-corrected chi connectivity index (χ2v) is 2.25. The maximum absolute atomic E-state index is 10.8. The monoisotopic (exact) mass is 137 g/mol. The number of hydrogen-bond acceptors (Lipinski definition) is 2. The van der Waals surface area contributed by atoms with E-state index in [1.54, 1.807) is 4.90 Å². The first-order valence-electron chi connectivity index (χ1n) is 3.18. The van der Waals surface area contributed by atoms with Crippen molar-refractivity contribution in [1.29, 1.82) is 0 Å². The van der Waals surface area contributed by atoms with Gasteiger partial charge in [0.2, 0.25) is 0 Å². The molecule has 0 bridgehead atoms. The van der Waals surface area contributed by atoms with Crippen LogP contribution in [0, 0.1) is 0 Å². The number of allylic oxidation sites excluding steroid dienone is 2. The third kappa shape index (κ3) is 0.635. The number of amides is 1. The first kappa shape index (κ1) is 5.53. The lowest BCUT2D eigenvalue weighted by Gasteiger charge is -2.13. The molecule has 0 unspecified atom stereocenters. The van der Waals surface area contributed by atoms with Crippen molar-refractivity contribution in [3.63, 3.8) is 0 Å². The summed E-state index contributed by atoms with van der Waals surface area (Å²) >= 11 is 0. The van der Waals surface area contributed by atoms with Gasteiger partial charge < -0.3 is 4.74 Å². The predicted octanol–water partition coefficient (Wildman–Crippen LogP) is 0.892. The molecule has 3 heteroatoms. The molecule has 2 heterocycles. The van der Waals surface area contributed by atoms with Crippen molar-refractivity contribution in [3.05, 3.63) is 23.9 Å². The fourth-order valence-corrected chi connectivity index (χ4v) is 1.08. The van der Waals surface area contributed by atoms with Gasteiger partial charge in [-0.3, -0.25) is 4.90 Å². The molecule has 0 spiro atoms. The highest BCUT2D eigenvalue weighted by atomic mass is 16.6. The molecular weight excluding hydrogens is 130 g/mol. The van der Waals surface area contributed by atoms with E-state index in [1.807, 2.05) is 18.2 Å². The Morgan fingerprint density at radius 1 is 1.60 bits per heavy atom. The van der Waals surface area contributed by atoms with Crippen molar-refractivity contribution in [2.24, 2.45) is 0 Å². The van der Waals surface area contributed by atoms with Gasteiger partial charge in [0.1, 0.15) is 6.61 Å². The first-order chi connectivity index (χ1) is 4.88. The summed E-state index contributed by atoms with van der Waals surface area (Å²) in [5.74, 6) is 0. The van der Waals surface area contributed by atoms with Crippen molar-refractivity contribution in [1.82, 2.24) is 4.90 Å². The summed E-state index contributed by atoms with van der Waals surface area (Å²) in [6.45, 7) is 1.09. The van der Waals surface area contributed by atoms with E-state index in [4.69, 9.17) is 4.74 Å². The van der Waals surface area contributed by atoms with Gasteiger partial charge in [-0.2, -0.15) is 0 Å². The Balaban J connectivity index is 2.31. The van der Waals surface area contributed by atoms with E-state index in [-0.39, 0.29) is 6.09 Å². The highest BCUT2D eigenvalue weighted by Gasteiger charge is 2.26. The smallest absolute Gasteiger partial charge is 0.414 e. The molecule has 1 amide bonds. The van der Waals surface area contributed by atoms with Gasteiger partial charge in [-0.25, -0.2) is 4.79 Å². The quantitative estimate of drug-likeness (QED) is 0.496. The van der Waals surface area contributed by atoms with Crippen LogP contribution in [0.1, 0.15) is 0 Å². The third-order valence-electron chi connectivity index (χ3n) is 1.62. The first-order valence-corrected chi connectivity index (χ1v) is 3.18. The van der Waals surface area contributed by atoms with E-state index in [0.717, 1.165) is 5.70 Å². The largest absolute Gasteiger partial charge is 0.443 e. The average Bonchev–Trinajstić information content (AvgIpc) is 2.34. The number of hydrogen-bond donors (Lipinski definition) is 0. The number of carbonyl (C=O) groups is 1. The van der Waals surface area contributed by atoms with Crippen LogP contribution in [0.5, 0.6) is 0 Å². The summed E-state index contributed by atoms with van der Waals surface area (Å²) in [7, 11) is 0. The fourth-order valence-electron chi connectivity index (χ4n) is 1.08. The zero-order chi connectivity index (χ0) is 6.97. The lowest BCUT2D eigenvalue weighted by molar-refractivity contribution is 0.161. The van der Waals surface area contributed by atoms with Crippen LogP contribution in [0.3, 0.4) is 0 Å². The molecule has 10 heavy (non-hydrogen) atoms. The minimum atomic E-state index is -0.226. The molecule has 1 fully saturated rings. The third-order valence-corrected chi connectivity index (χ3v) is 1.62. The molecule has 0 saturated carbocycles. The molecule has 0 aromatic rings. The Bertz CT molecular complexity index is 230. The second kappa shape index (κ2) is 1.87. The molecule has 1 saturated heterocycles. The van der Waals surface area contributed by atoms with Gasteiger partial charge in [0, 0.05) is 6.54 Å². The Morgan fingerprint density at radius 3 is 3.30 bits per heavy atom. The average molecular weight is 137 g/mol. The molecule has 0 aliphatic carbocycles. The predicted molar refractivity (Wildman–Crippen MR) is 35.3 cm³/mol. The molecule has 0 atom stereocenters. The SMILES string of the molecule is O=C1OCC2=CC=CCN12. The van der Waals surface area contributed by atoms with Crippen LogP contribution >= 0.6 is 0 Å². The number of rotatable bonds is 0. The molecule has 0 aromatic heterocycles. The van der Waals surface area contributed by atoms with Crippen molar-refractivity contribution < 1.29 is 9.53 Å². The highest BCUT2D eigenvalue weighted by molar-refractivity contribution is 5.73. The van der Waals surface area contributed by atoms with E-state index >= 15 is 0 Å². The van der Waals surface area contributed by atoms with Gasteiger partial charge in [0.15, 0.2) is 0 Å². The maximum atomic E-state index is 10.8. The molecule has 0 radical (unpaired) electrons. The Labute approximate surface area is 58.6 Å². The number of ether oxygens (including phenoxy) is 1.